The van der Waals surface area contributed by atoms with Crippen LogP contribution in [0, 0.1) is 11.3 Å². The third-order valence-electron chi connectivity index (χ3n) is 5.31. The summed E-state index contributed by atoms with van der Waals surface area (Å²) in [5, 5.41) is 22.1. The Bertz CT molecular complexity index is 841. The van der Waals surface area contributed by atoms with E-state index in [-0.39, 0.29) is 30.5 Å². The molecule has 0 bridgehead atoms. The van der Waals surface area contributed by atoms with Crippen LogP contribution in [-0.4, -0.2) is 48.2 Å². The van der Waals surface area contributed by atoms with Gasteiger partial charge in [-0.2, -0.15) is 5.26 Å². The van der Waals surface area contributed by atoms with E-state index in [0.717, 1.165) is 16.7 Å². The first-order valence-corrected chi connectivity index (χ1v) is 9.28. The number of amides is 1. The highest BCUT2D eigenvalue weighted by Crippen LogP contribution is 2.34. The Hall–Kier alpha value is -2.68. The first-order chi connectivity index (χ1) is 13.1. The second kappa shape index (κ2) is 8.34. The van der Waals surface area contributed by atoms with Crippen LogP contribution in [-0.2, 0) is 4.79 Å². The van der Waals surface area contributed by atoms with Crippen molar-refractivity contribution in [2.24, 2.45) is 0 Å². The molecule has 2 aromatic carbocycles. The highest BCUT2D eigenvalue weighted by Gasteiger charge is 2.41. The molecule has 0 radical (unpaired) electrons. The number of hydrogen-bond acceptors (Lipinski definition) is 4. The first kappa shape index (κ1) is 19.1. The van der Waals surface area contributed by atoms with E-state index >= 15 is 0 Å². The lowest BCUT2D eigenvalue weighted by Crippen LogP contribution is -2.64. The monoisotopic (exact) mass is 363 g/mol. The van der Waals surface area contributed by atoms with Crippen molar-refractivity contribution in [3.8, 4) is 17.2 Å². The molecule has 0 unspecified atom stereocenters. The molecule has 0 aromatic heterocycles. The van der Waals surface area contributed by atoms with E-state index in [9.17, 15) is 9.90 Å². The van der Waals surface area contributed by atoms with Gasteiger partial charge in [0.25, 0.3) is 0 Å². The van der Waals surface area contributed by atoms with Crippen LogP contribution in [0.3, 0.4) is 0 Å². The zero-order chi connectivity index (χ0) is 19.4. The molecule has 1 aliphatic heterocycles. The van der Waals surface area contributed by atoms with Gasteiger partial charge in [-0.1, -0.05) is 43.3 Å². The van der Waals surface area contributed by atoms with Crippen LogP contribution in [0.1, 0.15) is 30.4 Å². The van der Waals surface area contributed by atoms with E-state index in [4.69, 9.17) is 5.26 Å². The Morgan fingerprint density at radius 1 is 1.19 bits per heavy atom. The third-order valence-corrected chi connectivity index (χ3v) is 5.31. The molecule has 1 heterocycles. The van der Waals surface area contributed by atoms with E-state index in [1.807, 2.05) is 32.2 Å². The molecule has 1 amide bonds. The van der Waals surface area contributed by atoms with Gasteiger partial charge in [-0.15, -0.1) is 0 Å². The van der Waals surface area contributed by atoms with E-state index < -0.39 is 0 Å². The minimum absolute atomic E-state index is 0.00731. The average Bonchev–Trinajstić information content (AvgIpc) is 2.70. The summed E-state index contributed by atoms with van der Waals surface area (Å²) < 4.78 is 0. The number of nitrogens with zero attached hydrogens (tertiary/aromatic N) is 2. The fraction of sp³-hybridized carbons (Fsp3) is 0.364. The topological polar surface area (TPSA) is 76.4 Å². The molecule has 2 aromatic rings. The summed E-state index contributed by atoms with van der Waals surface area (Å²) >= 11 is 0. The van der Waals surface area contributed by atoms with Gasteiger partial charge in [-0.05, 0) is 28.8 Å². The molecular weight excluding hydrogens is 338 g/mol. The van der Waals surface area contributed by atoms with E-state index in [0.29, 0.717) is 18.5 Å². The number of aliphatic hydroxyl groups excluding tert-OH is 1. The highest BCUT2D eigenvalue weighted by atomic mass is 16.3. The van der Waals surface area contributed by atoms with Gasteiger partial charge in [0.1, 0.15) is 0 Å². The fourth-order valence-corrected chi connectivity index (χ4v) is 3.77. The van der Waals surface area contributed by atoms with Crippen LogP contribution < -0.4 is 5.32 Å². The molecule has 3 atom stereocenters. The minimum Gasteiger partial charge on any atom is -0.395 e. The molecule has 0 aliphatic carbocycles. The van der Waals surface area contributed by atoms with Crippen molar-refractivity contribution in [2.75, 3.05) is 20.2 Å². The maximum atomic E-state index is 11.9. The third kappa shape index (κ3) is 4.02. The maximum Gasteiger partial charge on any atom is 0.222 e. The predicted octanol–water partition coefficient (Wildman–Crippen LogP) is 2.51. The van der Waals surface area contributed by atoms with Crippen molar-refractivity contribution in [3.63, 3.8) is 0 Å². The fourth-order valence-electron chi connectivity index (χ4n) is 3.77. The normalized spacial score (nSPS) is 21.2. The quantitative estimate of drug-likeness (QED) is 0.827. The molecular formula is C22H25N3O2. The lowest BCUT2D eigenvalue weighted by Gasteiger charge is -2.47. The Labute approximate surface area is 160 Å². The summed E-state index contributed by atoms with van der Waals surface area (Å²) in [5.74, 6) is 0.289. The van der Waals surface area contributed by atoms with Gasteiger partial charge in [-0.25, -0.2) is 0 Å². The highest BCUT2D eigenvalue weighted by molar-refractivity contribution is 5.75. The summed E-state index contributed by atoms with van der Waals surface area (Å²) in [6.45, 7) is 2.56. The molecule has 0 saturated carbocycles. The molecule has 1 fully saturated rings. The van der Waals surface area contributed by atoms with E-state index in [1.165, 1.54) is 0 Å². The molecule has 1 saturated heterocycles. The van der Waals surface area contributed by atoms with Gasteiger partial charge in [0.15, 0.2) is 0 Å². The predicted molar refractivity (Wildman–Crippen MR) is 105 cm³/mol. The van der Waals surface area contributed by atoms with Crippen LogP contribution >= 0.6 is 0 Å². The van der Waals surface area contributed by atoms with Crippen LogP contribution in [0.4, 0.5) is 0 Å². The number of aliphatic hydroxyl groups is 1. The lowest BCUT2D eigenvalue weighted by molar-refractivity contribution is -0.130. The van der Waals surface area contributed by atoms with Crippen LogP contribution in [0.15, 0.2) is 48.5 Å². The Morgan fingerprint density at radius 2 is 1.93 bits per heavy atom. The number of carbonyl (C=O) groups excluding carboxylic acids is 1. The number of hydrogen-bond donors (Lipinski definition) is 2. The van der Waals surface area contributed by atoms with E-state index in [1.54, 1.807) is 11.0 Å². The standard InChI is InChI=1S/C22H25N3O2/c1-3-21(27)25(2)13-19-22(20(14-26)24-19)17-9-7-16(8-10-17)18-6-4-5-15(11-18)12-23/h4-11,19-20,22,24,26H,3,13-14H2,1-2H3/t19-,20+,22+/m1/s1. The van der Waals surface area contributed by atoms with Crippen molar-refractivity contribution < 1.29 is 9.90 Å². The number of rotatable bonds is 6. The summed E-state index contributed by atoms with van der Waals surface area (Å²) in [6, 6.07) is 18.1. The van der Waals surface area contributed by atoms with Gasteiger partial charge in [0.2, 0.25) is 5.91 Å². The second-order valence-electron chi connectivity index (χ2n) is 7.03. The van der Waals surface area contributed by atoms with Gasteiger partial charge >= 0.3 is 0 Å². The Morgan fingerprint density at radius 3 is 2.56 bits per heavy atom. The zero-order valence-electron chi connectivity index (χ0n) is 15.7. The molecule has 3 rings (SSSR count). The molecule has 5 heteroatoms. The summed E-state index contributed by atoms with van der Waals surface area (Å²) in [6.07, 6.45) is 0.494. The van der Waals surface area contributed by atoms with Crippen molar-refractivity contribution in [1.82, 2.24) is 10.2 Å². The largest absolute Gasteiger partial charge is 0.395 e. The maximum absolute atomic E-state index is 11.9. The average molecular weight is 363 g/mol. The number of carbonyl (C=O) groups is 1. The first-order valence-electron chi connectivity index (χ1n) is 9.28. The summed E-state index contributed by atoms with van der Waals surface area (Å²) in [4.78, 5) is 13.6. The molecule has 1 aliphatic rings. The van der Waals surface area contributed by atoms with Gasteiger partial charge in [-0.3, -0.25) is 4.79 Å². The Balaban J connectivity index is 1.77. The number of benzene rings is 2. The van der Waals surface area contributed by atoms with Gasteiger partial charge in [0, 0.05) is 38.0 Å². The van der Waals surface area contributed by atoms with Crippen molar-refractivity contribution in [2.45, 2.75) is 31.3 Å². The van der Waals surface area contributed by atoms with Gasteiger partial charge in [0.05, 0.1) is 18.2 Å². The SMILES string of the molecule is CCC(=O)N(C)C[C@H]1N[C@@H](CO)[C@H]1c1ccc(-c2cccc(C#N)c2)cc1. The van der Waals surface area contributed by atoms with Crippen LogP contribution in [0.5, 0.6) is 0 Å². The second-order valence-corrected chi connectivity index (χ2v) is 7.03. The molecule has 2 N–H and O–H groups in total. The molecule has 5 nitrogen and oxygen atoms in total. The summed E-state index contributed by atoms with van der Waals surface area (Å²) in [5.41, 5.74) is 3.86. The molecule has 27 heavy (non-hydrogen) atoms. The van der Waals surface area contributed by atoms with Crippen LogP contribution in [0.25, 0.3) is 11.1 Å². The van der Waals surface area contributed by atoms with Crippen molar-refractivity contribution in [3.05, 3.63) is 59.7 Å². The van der Waals surface area contributed by atoms with E-state index in [2.05, 4.69) is 35.7 Å². The zero-order valence-corrected chi connectivity index (χ0v) is 15.7. The smallest absolute Gasteiger partial charge is 0.222 e. The lowest BCUT2D eigenvalue weighted by atomic mass is 9.77. The Kier molecular flexibility index (Phi) is 5.90. The van der Waals surface area contributed by atoms with Crippen molar-refractivity contribution in [1.29, 1.82) is 5.26 Å². The molecule has 0 spiro atoms. The number of nitrogens with one attached hydrogen (secondary N) is 1. The number of nitriles is 1. The van der Waals surface area contributed by atoms with Crippen LogP contribution in [0.2, 0.25) is 0 Å². The molecule has 140 valence electrons. The summed E-state index contributed by atoms with van der Waals surface area (Å²) in [7, 11) is 1.82. The number of likely N-dealkylation sites (N-methyl/N-ethyl adjacent to an activating group) is 1. The minimum atomic E-state index is 0.00731. The van der Waals surface area contributed by atoms with Gasteiger partial charge < -0.3 is 15.3 Å². The van der Waals surface area contributed by atoms with Crippen molar-refractivity contribution >= 4 is 5.91 Å².